The molecule has 0 aromatic rings. The van der Waals surface area contributed by atoms with E-state index >= 15 is 0 Å². The van der Waals surface area contributed by atoms with Crippen molar-refractivity contribution >= 4 is 11.9 Å². The molecular formula is C22H43NO6. The molecule has 0 aliphatic heterocycles. The number of carbonyl (C=O) groups excluding carboxylic acids is 1. The second-order valence-corrected chi connectivity index (χ2v) is 7.33. The Kier molecular flexibility index (Phi) is 23.4. The molecule has 0 aliphatic rings. The van der Waals surface area contributed by atoms with Crippen LogP contribution in [0, 0.1) is 0 Å². The molecule has 0 aliphatic carbocycles. The number of nitrogens with two attached hydrogens (primary N) is 1. The Morgan fingerprint density at radius 3 is 1.69 bits per heavy atom. The maximum Gasteiger partial charge on any atom is 0.402 e. The average molecular weight is 418 g/mol. The number of amides is 1. The Bertz CT molecular complexity index is 410. The highest BCUT2D eigenvalue weighted by atomic mass is 16.4. The van der Waals surface area contributed by atoms with Crippen LogP contribution in [0.1, 0.15) is 96.8 Å². The van der Waals surface area contributed by atoms with Gasteiger partial charge in [0, 0.05) is 6.42 Å². The van der Waals surface area contributed by atoms with Crippen molar-refractivity contribution in [2.45, 2.75) is 109 Å². The van der Waals surface area contributed by atoms with Crippen LogP contribution in [0.4, 0.5) is 4.79 Å². The highest BCUT2D eigenvalue weighted by Gasteiger charge is 2.22. The van der Waals surface area contributed by atoms with Crippen LogP contribution in [0.2, 0.25) is 0 Å². The van der Waals surface area contributed by atoms with Gasteiger partial charge < -0.3 is 26.2 Å². The van der Waals surface area contributed by atoms with E-state index in [4.69, 9.17) is 15.0 Å². The zero-order valence-electron chi connectivity index (χ0n) is 18.1. The number of aliphatic hydroxyl groups is 3. The molecular weight excluding hydrogens is 374 g/mol. The van der Waals surface area contributed by atoms with Crippen molar-refractivity contribution < 1.29 is 30.0 Å². The van der Waals surface area contributed by atoms with E-state index in [1.807, 2.05) is 0 Å². The van der Waals surface area contributed by atoms with E-state index in [-0.39, 0.29) is 12.2 Å². The van der Waals surface area contributed by atoms with Gasteiger partial charge in [-0.25, -0.2) is 4.79 Å². The van der Waals surface area contributed by atoms with Crippen LogP contribution in [-0.2, 0) is 4.79 Å². The largest absolute Gasteiger partial charge is 0.465 e. The van der Waals surface area contributed by atoms with Gasteiger partial charge in [-0.3, -0.25) is 4.79 Å². The van der Waals surface area contributed by atoms with E-state index in [0.717, 1.165) is 32.1 Å². The van der Waals surface area contributed by atoms with Crippen molar-refractivity contribution in [3.8, 4) is 0 Å². The van der Waals surface area contributed by atoms with Gasteiger partial charge in [-0.1, -0.05) is 70.4 Å². The summed E-state index contributed by atoms with van der Waals surface area (Å²) in [6.45, 7) is 1.66. The lowest BCUT2D eigenvalue weighted by molar-refractivity contribution is -0.134. The topological polar surface area (TPSA) is 141 Å². The van der Waals surface area contributed by atoms with E-state index in [1.165, 1.54) is 51.4 Å². The molecule has 0 spiro atoms. The molecule has 0 fully saturated rings. The molecule has 0 rings (SSSR count). The summed E-state index contributed by atoms with van der Waals surface area (Å²) in [5.41, 5.74) is 4.03. The Balaban J connectivity index is 0. The smallest absolute Gasteiger partial charge is 0.402 e. The Morgan fingerprint density at radius 1 is 0.828 bits per heavy atom. The first kappa shape index (κ1) is 29.8. The van der Waals surface area contributed by atoms with Crippen LogP contribution < -0.4 is 5.73 Å². The number of hydrogen-bond donors (Lipinski definition) is 5. The molecule has 0 saturated carbocycles. The summed E-state index contributed by atoms with van der Waals surface area (Å²) in [6.07, 6.45) is 16.3. The standard InChI is InChI=1S/C21H40O4.CH3NO2/c1-2-3-4-5-6-7-8-9-10-11-12-13-14-15-16-17-19(23)21(25)20(24)18-22;2-1(3)4/h9-10,20-22,24-25H,2-8,11-18H2,1H3;2H2,(H,3,4)/b10-9-;. The SMILES string of the molecule is CCCCCCCC/C=C\CCCCCCCC(=O)C(O)C(O)CO.NC(=O)O. The molecule has 29 heavy (non-hydrogen) atoms. The number of hydrogen-bond acceptors (Lipinski definition) is 5. The van der Waals surface area contributed by atoms with Gasteiger partial charge in [-0.15, -0.1) is 0 Å². The predicted octanol–water partition coefficient (Wildman–Crippen LogP) is 3.93. The normalized spacial score (nSPS) is 13.0. The van der Waals surface area contributed by atoms with Gasteiger partial charge in [0.05, 0.1) is 6.61 Å². The number of aliphatic hydroxyl groups excluding tert-OH is 3. The fraction of sp³-hybridized carbons (Fsp3) is 0.818. The van der Waals surface area contributed by atoms with Gasteiger partial charge >= 0.3 is 6.09 Å². The number of primary amides is 1. The number of carbonyl (C=O) groups is 2. The molecule has 6 N–H and O–H groups in total. The van der Waals surface area contributed by atoms with Gasteiger partial charge in [-0.2, -0.15) is 0 Å². The first-order chi connectivity index (χ1) is 13.9. The van der Waals surface area contributed by atoms with Crippen LogP contribution in [0.5, 0.6) is 0 Å². The molecule has 0 heterocycles. The minimum atomic E-state index is -1.44. The second kappa shape index (κ2) is 22.8. The van der Waals surface area contributed by atoms with Crippen molar-refractivity contribution in [1.82, 2.24) is 0 Å². The maximum atomic E-state index is 11.5. The molecule has 2 atom stereocenters. The van der Waals surface area contributed by atoms with Gasteiger partial charge in [0.2, 0.25) is 0 Å². The number of Topliss-reactive ketones (excluding diaryl/α,β-unsaturated/α-hetero) is 1. The van der Waals surface area contributed by atoms with Crippen molar-refractivity contribution in [2.24, 2.45) is 5.73 Å². The number of ketones is 1. The first-order valence-electron chi connectivity index (χ1n) is 11.0. The van der Waals surface area contributed by atoms with Gasteiger partial charge in [-0.05, 0) is 32.1 Å². The summed E-state index contributed by atoms with van der Waals surface area (Å²) in [7, 11) is 0. The fourth-order valence-corrected chi connectivity index (χ4v) is 2.83. The summed E-state index contributed by atoms with van der Waals surface area (Å²) in [5.74, 6) is -0.376. The average Bonchev–Trinajstić information content (AvgIpc) is 2.69. The fourth-order valence-electron chi connectivity index (χ4n) is 2.83. The predicted molar refractivity (Wildman–Crippen MR) is 116 cm³/mol. The lowest BCUT2D eigenvalue weighted by Gasteiger charge is -2.13. The van der Waals surface area contributed by atoms with E-state index in [9.17, 15) is 15.0 Å². The third kappa shape index (κ3) is 24.5. The summed E-state index contributed by atoms with van der Waals surface area (Å²) in [4.78, 5) is 20.3. The molecule has 1 amide bonds. The highest BCUT2D eigenvalue weighted by molar-refractivity contribution is 5.83. The van der Waals surface area contributed by atoms with Crippen LogP contribution in [0.15, 0.2) is 12.2 Å². The lowest BCUT2D eigenvalue weighted by atomic mass is 10.0. The monoisotopic (exact) mass is 417 g/mol. The minimum absolute atomic E-state index is 0.274. The number of carboxylic acid groups (broad SMARTS) is 1. The number of unbranched alkanes of at least 4 members (excludes halogenated alkanes) is 11. The van der Waals surface area contributed by atoms with Crippen molar-refractivity contribution in [3.05, 3.63) is 12.2 Å². The van der Waals surface area contributed by atoms with E-state index < -0.39 is 24.9 Å². The van der Waals surface area contributed by atoms with Crippen LogP contribution >= 0.6 is 0 Å². The Hall–Kier alpha value is -1.44. The third-order valence-corrected chi connectivity index (χ3v) is 4.57. The summed E-state index contributed by atoms with van der Waals surface area (Å²) >= 11 is 0. The molecule has 0 aromatic carbocycles. The molecule has 2 unspecified atom stereocenters. The molecule has 0 bridgehead atoms. The first-order valence-corrected chi connectivity index (χ1v) is 11.0. The van der Waals surface area contributed by atoms with Crippen LogP contribution in [-0.4, -0.2) is 51.1 Å². The minimum Gasteiger partial charge on any atom is -0.465 e. The zero-order valence-corrected chi connectivity index (χ0v) is 18.1. The number of allylic oxidation sites excluding steroid dienone is 2. The van der Waals surface area contributed by atoms with Gasteiger partial charge in [0.25, 0.3) is 0 Å². The van der Waals surface area contributed by atoms with E-state index in [0.29, 0.717) is 0 Å². The lowest BCUT2D eigenvalue weighted by Crippen LogP contribution is -2.36. The third-order valence-electron chi connectivity index (χ3n) is 4.57. The summed E-state index contributed by atoms with van der Waals surface area (Å²) in [5, 5.41) is 34.5. The van der Waals surface area contributed by atoms with Crippen molar-refractivity contribution in [1.29, 1.82) is 0 Å². The molecule has 0 aromatic heterocycles. The maximum absolute atomic E-state index is 11.5. The molecule has 7 heteroatoms. The Labute approximate surface area is 176 Å². The van der Waals surface area contributed by atoms with Gasteiger partial charge in [0.15, 0.2) is 5.78 Å². The summed E-state index contributed by atoms with van der Waals surface area (Å²) < 4.78 is 0. The van der Waals surface area contributed by atoms with E-state index in [1.54, 1.807) is 0 Å². The van der Waals surface area contributed by atoms with Crippen molar-refractivity contribution in [2.75, 3.05) is 6.61 Å². The quantitative estimate of drug-likeness (QED) is 0.169. The van der Waals surface area contributed by atoms with Crippen molar-refractivity contribution in [3.63, 3.8) is 0 Å². The molecule has 0 saturated heterocycles. The number of rotatable bonds is 18. The zero-order chi connectivity index (χ0) is 22.3. The molecule has 0 radical (unpaired) electrons. The molecule has 7 nitrogen and oxygen atoms in total. The Morgan fingerprint density at radius 2 is 1.24 bits per heavy atom. The second-order valence-electron chi connectivity index (χ2n) is 7.33. The van der Waals surface area contributed by atoms with Gasteiger partial charge in [0.1, 0.15) is 12.2 Å². The van der Waals surface area contributed by atoms with Crippen LogP contribution in [0.25, 0.3) is 0 Å². The van der Waals surface area contributed by atoms with E-state index in [2.05, 4.69) is 24.8 Å². The molecule has 172 valence electrons. The highest BCUT2D eigenvalue weighted by Crippen LogP contribution is 2.11. The van der Waals surface area contributed by atoms with Crippen LogP contribution in [0.3, 0.4) is 0 Å². The summed E-state index contributed by atoms with van der Waals surface area (Å²) in [6, 6.07) is 0.